The van der Waals surface area contributed by atoms with Crippen LogP contribution >= 0.6 is 0 Å². The molecule has 0 aromatic rings. The van der Waals surface area contributed by atoms with Gasteiger partial charge in [-0.15, -0.1) is 0 Å². The fourth-order valence-corrected chi connectivity index (χ4v) is 1.82. The molecular weight excluding hydrogens is 224 g/mol. The van der Waals surface area contributed by atoms with Gasteiger partial charge in [-0.3, -0.25) is 4.79 Å². The van der Waals surface area contributed by atoms with Crippen LogP contribution in [-0.4, -0.2) is 64.8 Å². The van der Waals surface area contributed by atoms with E-state index in [1.807, 2.05) is 0 Å². The predicted octanol–water partition coefficient (Wildman–Crippen LogP) is 0.360. The second-order valence-electron chi connectivity index (χ2n) is 4.35. The normalized spacial score (nSPS) is 15.2. The molecule has 0 aromatic heterocycles. The van der Waals surface area contributed by atoms with Crippen LogP contribution in [0.3, 0.4) is 0 Å². The fourth-order valence-electron chi connectivity index (χ4n) is 1.82. The third kappa shape index (κ3) is 3.89. The minimum atomic E-state index is -0.915. The van der Waals surface area contributed by atoms with E-state index in [9.17, 15) is 9.59 Å². The minimum Gasteiger partial charge on any atom is -0.481 e. The highest BCUT2D eigenvalue weighted by molar-refractivity contribution is 5.75. The van der Waals surface area contributed by atoms with Crippen LogP contribution in [0, 0.1) is 0 Å². The Morgan fingerprint density at radius 1 is 1.29 bits per heavy atom. The third-order valence-corrected chi connectivity index (χ3v) is 3.09. The van der Waals surface area contributed by atoms with Gasteiger partial charge < -0.3 is 20.0 Å². The van der Waals surface area contributed by atoms with Gasteiger partial charge in [-0.1, -0.05) is 0 Å². The van der Waals surface area contributed by atoms with Gasteiger partial charge in [0, 0.05) is 26.2 Å². The molecule has 2 amide bonds. The zero-order valence-electron chi connectivity index (χ0n) is 10.1. The van der Waals surface area contributed by atoms with Gasteiger partial charge in [0.15, 0.2) is 0 Å². The maximum atomic E-state index is 12.0. The SMILES string of the molecule is CN(CCC(=O)O)C(=O)N(CCO)C1CCC1. The third-order valence-electron chi connectivity index (χ3n) is 3.09. The number of aliphatic hydroxyl groups excluding tert-OH is 1. The lowest BCUT2D eigenvalue weighted by atomic mass is 9.91. The first-order chi connectivity index (χ1) is 8.06. The summed E-state index contributed by atoms with van der Waals surface area (Å²) in [5.74, 6) is -0.915. The molecule has 98 valence electrons. The predicted molar refractivity (Wildman–Crippen MR) is 61.7 cm³/mol. The maximum Gasteiger partial charge on any atom is 0.320 e. The van der Waals surface area contributed by atoms with Crippen molar-refractivity contribution in [2.24, 2.45) is 0 Å². The largest absolute Gasteiger partial charge is 0.481 e. The fraction of sp³-hybridized carbons (Fsp3) is 0.818. The number of carbonyl (C=O) groups excluding carboxylic acids is 1. The Morgan fingerprint density at radius 2 is 1.94 bits per heavy atom. The van der Waals surface area contributed by atoms with E-state index in [1.54, 1.807) is 11.9 Å². The molecule has 0 spiro atoms. The lowest BCUT2D eigenvalue weighted by Crippen LogP contribution is -2.50. The summed E-state index contributed by atoms with van der Waals surface area (Å²) in [6.07, 6.45) is 3.00. The summed E-state index contributed by atoms with van der Waals surface area (Å²) in [5, 5.41) is 17.5. The van der Waals surface area contributed by atoms with Crippen molar-refractivity contribution in [3.8, 4) is 0 Å². The Bertz CT molecular complexity index is 279. The van der Waals surface area contributed by atoms with Crippen LogP contribution in [-0.2, 0) is 4.79 Å². The number of rotatable bonds is 6. The number of carbonyl (C=O) groups is 2. The summed E-state index contributed by atoms with van der Waals surface area (Å²) >= 11 is 0. The quantitative estimate of drug-likeness (QED) is 0.707. The number of hydrogen-bond acceptors (Lipinski definition) is 3. The highest BCUT2D eigenvalue weighted by Crippen LogP contribution is 2.25. The molecule has 1 aliphatic carbocycles. The Hall–Kier alpha value is -1.30. The van der Waals surface area contributed by atoms with Gasteiger partial charge in [0.05, 0.1) is 13.0 Å². The highest BCUT2D eigenvalue weighted by Gasteiger charge is 2.29. The van der Waals surface area contributed by atoms with E-state index >= 15 is 0 Å². The molecule has 1 saturated carbocycles. The number of carboxylic acids is 1. The Balaban J connectivity index is 2.47. The van der Waals surface area contributed by atoms with Crippen molar-refractivity contribution < 1.29 is 19.8 Å². The van der Waals surface area contributed by atoms with Crippen LogP contribution in [0.1, 0.15) is 25.7 Å². The van der Waals surface area contributed by atoms with Gasteiger partial charge >= 0.3 is 12.0 Å². The van der Waals surface area contributed by atoms with Gasteiger partial charge in [-0.05, 0) is 19.3 Å². The molecule has 6 heteroatoms. The number of urea groups is 1. The van der Waals surface area contributed by atoms with Crippen LogP contribution < -0.4 is 0 Å². The van der Waals surface area contributed by atoms with Crippen molar-refractivity contribution in [3.63, 3.8) is 0 Å². The number of amides is 2. The Kier molecular flexibility index (Phi) is 5.21. The zero-order chi connectivity index (χ0) is 12.8. The average Bonchev–Trinajstić information content (AvgIpc) is 2.21. The van der Waals surface area contributed by atoms with Crippen LogP contribution in [0.5, 0.6) is 0 Å². The zero-order valence-corrected chi connectivity index (χ0v) is 10.1. The lowest BCUT2D eigenvalue weighted by molar-refractivity contribution is -0.137. The molecule has 0 atom stereocenters. The van der Waals surface area contributed by atoms with Crippen molar-refractivity contribution in [3.05, 3.63) is 0 Å². The average molecular weight is 244 g/mol. The van der Waals surface area contributed by atoms with Gasteiger partial charge in [0.1, 0.15) is 0 Å². The standard InChI is InChI=1S/C11H20N2O4/c1-12(6-5-10(15)16)11(17)13(7-8-14)9-3-2-4-9/h9,14H,2-8H2,1H3,(H,15,16). The van der Waals surface area contributed by atoms with Gasteiger partial charge in [-0.2, -0.15) is 0 Å². The van der Waals surface area contributed by atoms with Gasteiger partial charge in [0.2, 0.25) is 0 Å². The Labute approximate surface area is 101 Å². The number of nitrogens with zero attached hydrogens (tertiary/aromatic N) is 2. The first kappa shape index (κ1) is 13.8. The van der Waals surface area contributed by atoms with Crippen LogP contribution in [0.25, 0.3) is 0 Å². The van der Waals surface area contributed by atoms with Gasteiger partial charge in [0.25, 0.3) is 0 Å². The highest BCUT2D eigenvalue weighted by atomic mass is 16.4. The maximum absolute atomic E-state index is 12.0. The van der Waals surface area contributed by atoms with Crippen LogP contribution in [0.2, 0.25) is 0 Å². The lowest BCUT2D eigenvalue weighted by Gasteiger charge is -2.39. The summed E-state index contributed by atoms with van der Waals surface area (Å²) in [5.41, 5.74) is 0. The second kappa shape index (κ2) is 6.44. The van der Waals surface area contributed by atoms with Crippen molar-refractivity contribution in [2.45, 2.75) is 31.7 Å². The molecule has 1 rings (SSSR count). The molecule has 0 unspecified atom stereocenters. The summed E-state index contributed by atoms with van der Waals surface area (Å²) < 4.78 is 0. The first-order valence-corrected chi connectivity index (χ1v) is 5.90. The molecule has 17 heavy (non-hydrogen) atoms. The van der Waals surface area contributed by atoms with Crippen molar-refractivity contribution in [2.75, 3.05) is 26.7 Å². The van der Waals surface area contributed by atoms with E-state index in [-0.39, 0.29) is 31.6 Å². The van der Waals surface area contributed by atoms with E-state index < -0.39 is 5.97 Å². The molecule has 2 N–H and O–H groups in total. The molecule has 0 aliphatic heterocycles. The molecule has 1 aliphatic rings. The number of aliphatic hydroxyl groups is 1. The van der Waals surface area contributed by atoms with E-state index in [2.05, 4.69) is 0 Å². The first-order valence-electron chi connectivity index (χ1n) is 5.90. The summed E-state index contributed by atoms with van der Waals surface area (Å²) in [7, 11) is 1.59. The number of aliphatic carboxylic acids is 1. The van der Waals surface area contributed by atoms with Gasteiger partial charge in [-0.25, -0.2) is 4.79 Å². The van der Waals surface area contributed by atoms with E-state index in [4.69, 9.17) is 10.2 Å². The molecule has 0 aromatic carbocycles. The molecule has 0 heterocycles. The second-order valence-corrected chi connectivity index (χ2v) is 4.35. The monoisotopic (exact) mass is 244 g/mol. The Morgan fingerprint density at radius 3 is 2.35 bits per heavy atom. The van der Waals surface area contributed by atoms with E-state index in [1.165, 1.54) is 4.90 Å². The molecule has 0 saturated heterocycles. The topological polar surface area (TPSA) is 81.1 Å². The van der Waals surface area contributed by atoms with Crippen LogP contribution in [0.4, 0.5) is 4.79 Å². The molecule has 1 fully saturated rings. The molecular formula is C11H20N2O4. The van der Waals surface area contributed by atoms with Crippen molar-refractivity contribution in [1.29, 1.82) is 0 Å². The van der Waals surface area contributed by atoms with E-state index in [0.717, 1.165) is 19.3 Å². The summed E-state index contributed by atoms with van der Waals surface area (Å²) in [4.78, 5) is 25.5. The number of carboxylic acid groups (broad SMARTS) is 1. The molecule has 0 radical (unpaired) electrons. The smallest absolute Gasteiger partial charge is 0.320 e. The van der Waals surface area contributed by atoms with E-state index in [0.29, 0.717) is 6.54 Å². The van der Waals surface area contributed by atoms with Crippen LogP contribution in [0.15, 0.2) is 0 Å². The van der Waals surface area contributed by atoms with Crippen molar-refractivity contribution >= 4 is 12.0 Å². The summed E-state index contributed by atoms with van der Waals surface area (Å²) in [6.45, 7) is 0.457. The van der Waals surface area contributed by atoms with Crippen molar-refractivity contribution in [1.82, 2.24) is 9.80 Å². The summed E-state index contributed by atoms with van der Waals surface area (Å²) in [6, 6.07) is 0.0203. The molecule has 6 nitrogen and oxygen atoms in total. The minimum absolute atomic E-state index is 0.0557. The molecule has 0 bridgehead atoms. The number of hydrogen-bond donors (Lipinski definition) is 2.